The number of rotatable bonds is 3. The second-order valence-electron chi connectivity index (χ2n) is 7.27. The molecule has 0 bridgehead atoms. The zero-order chi connectivity index (χ0) is 17.4. The van der Waals surface area contributed by atoms with Gasteiger partial charge < -0.3 is 4.90 Å². The molecule has 1 saturated heterocycles. The van der Waals surface area contributed by atoms with Crippen LogP contribution in [0.15, 0.2) is 4.47 Å². The number of ketones is 1. The number of carbonyl (C=O) groups excluding carboxylic acids is 2. The molecule has 3 rings (SSSR count). The highest BCUT2D eigenvalue weighted by molar-refractivity contribution is 9.10. The maximum absolute atomic E-state index is 13.0. The molecule has 0 spiro atoms. The summed E-state index contributed by atoms with van der Waals surface area (Å²) in [6, 6.07) is 0.127. The van der Waals surface area contributed by atoms with Crippen molar-refractivity contribution >= 4 is 27.6 Å². The largest absolute Gasteiger partial charge is 0.338 e. The molecule has 1 saturated carbocycles. The summed E-state index contributed by atoms with van der Waals surface area (Å²) in [7, 11) is 0. The lowest BCUT2D eigenvalue weighted by Gasteiger charge is -2.44. The molecule has 1 aliphatic carbocycles. The zero-order valence-corrected chi connectivity index (χ0v) is 16.3. The minimum atomic E-state index is -0.134. The SMILES string of the molecule is Cc1nn(C[C@H](C)C(=O)N2CCC(=O)[C@@H]3CCCC[C@H]32)c(C)c1Br. The number of hydrogen-bond donors (Lipinski definition) is 0. The minimum Gasteiger partial charge on any atom is -0.338 e. The summed E-state index contributed by atoms with van der Waals surface area (Å²) in [6.07, 6.45) is 4.68. The third-order valence-electron chi connectivity index (χ3n) is 5.59. The van der Waals surface area contributed by atoms with Crippen LogP contribution < -0.4 is 0 Å². The summed E-state index contributed by atoms with van der Waals surface area (Å²) >= 11 is 3.54. The van der Waals surface area contributed by atoms with Crippen molar-refractivity contribution in [2.45, 2.75) is 65.5 Å². The number of piperidine rings is 1. The van der Waals surface area contributed by atoms with Crippen LogP contribution in [0.25, 0.3) is 0 Å². The van der Waals surface area contributed by atoms with Crippen LogP contribution in [-0.2, 0) is 16.1 Å². The first kappa shape index (κ1) is 17.6. The van der Waals surface area contributed by atoms with Gasteiger partial charge in [-0.05, 0) is 42.6 Å². The molecule has 2 heterocycles. The van der Waals surface area contributed by atoms with E-state index in [2.05, 4.69) is 21.0 Å². The fraction of sp³-hybridized carbons (Fsp3) is 0.722. The summed E-state index contributed by atoms with van der Waals surface area (Å²) in [5.74, 6) is 0.471. The van der Waals surface area contributed by atoms with Crippen molar-refractivity contribution in [1.82, 2.24) is 14.7 Å². The molecule has 1 aliphatic heterocycles. The van der Waals surface area contributed by atoms with Gasteiger partial charge in [0.1, 0.15) is 5.78 Å². The number of aryl methyl sites for hydroxylation is 1. The Kier molecular flexibility index (Phi) is 5.13. The van der Waals surface area contributed by atoms with Crippen LogP contribution in [0.2, 0.25) is 0 Å². The third-order valence-corrected chi connectivity index (χ3v) is 6.73. The van der Waals surface area contributed by atoms with Crippen LogP contribution in [0, 0.1) is 25.7 Å². The number of fused-ring (bicyclic) bond motifs is 1. The predicted octanol–water partition coefficient (Wildman–Crippen LogP) is 3.26. The number of carbonyl (C=O) groups is 2. The lowest BCUT2D eigenvalue weighted by atomic mass is 9.77. The van der Waals surface area contributed by atoms with Gasteiger partial charge in [0.25, 0.3) is 0 Å². The van der Waals surface area contributed by atoms with Crippen LogP contribution in [0.1, 0.15) is 50.4 Å². The Morgan fingerprint density at radius 1 is 1.33 bits per heavy atom. The zero-order valence-electron chi connectivity index (χ0n) is 14.7. The lowest BCUT2D eigenvalue weighted by molar-refractivity contribution is -0.146. The van der Waals surface area contributed by atoms with Crippen LogP contribution in [0.3, 0.4) is 0 Å². The smallest absolute Gasteiger partial charge is 0.227 e. The molecule has 3 atom stereocenters. The molecule has 5 nitrogen and oxygen atoms in total. The van der Waals surface area contributed by atoms with Gasteiger partial charge in [0.05, 0.1) is 22.6 Å². The van der Waals surface area contributed by atoms with Crippen molar-refractivity contribution in [3.8, 4) is 0 Å². The van der Waals surface area contributed by atoms with E-state index in [0.29, 0.717) is 25.3 Å². The van der Waals surface area contributed by atoms with Crippen molar-refractivity contribution in [2.24, 2.45) is 11.8 Å². The number of hydrogen-bond acceptors (Lipinski definition) is 3. The van der Waals surface area contributed by atoms with E-state index in [1.165, 1.54) is 0 Å². The first-order valence-electron chi connectivity index (χ1n) is 8.93. The number of likely N-dealkylation sites (tertiary alicyclic amines) is 1. The summed E-state index contributed by atoms with van der Waals surface area (Å²) in [5.41, 5.74) is 2.00. The third kappa shape index (κ3) is 3.17. The van der Waals surface area contributed by atoms with Crippen LogP contribution >= 0.6 is 15.9 Å². The number of aromatic nitrogens is 2. The van der Waals surface area contributed by atoms with Gasteiger partial charge in [-0.3, -0.25) is 14.3 Å². The average molecular weight is 396 g/mol. The van der Waals surface area contributed by atoms with E-state index >= 15 is 0 Å². The average Bonchev–Trinajstić information content (AvgIpc) is 2.82. The Morgan fingerprint density at radius 2 is 2.04 bits per heavy atom. The summed E-state index contributed by atoms with van der Waals surface area (Å²) in [5, 5.41) is 4.52. The Hall–Kier alpha value is -1.17. The van der Waals surface area contributed by atoms with Crippen molar-refractivity contribution in [3.63, 3.8) is 0 Å². The van der Waals surface area contributed by atoms with E-state index in [-0.39, 0.29) is 23.8 Å². The Bertz CT molecular complexity index is 655. The molecule has 6 heteroatoms. The van der Waals surface area contributed by atoms with E-state index in [1.807, 2.05) is 30.4 Å². The summed E-state index contributed by atoms with van der Waals surface area (Å²) in [6.45, 7) is 7.12. The molecule has 1 aromatic heterocycles. The molecule has 0 unspecified atom stereocenters. The molecule has 0 N–H and O–H groups in total. The maximum atomic E-state index is 13.0. The molecule has 1 amide bonds. The van der Waals surface area contributed by atoms with Gasteiger partial charge in [0, 0.05) is 30.6 Å². The molecule has 2 fully saturated rings. The minimum absolute atomic E-state index is 0.0754. The van der Waals surface area contributed by atoms with Crippen molar-refractivity contribution < 1.29 is 9.59 Å². The van der Waals surface area contributed by atoms with E-state index in [1.54, 1.807) is 0 Å². The highest BCUT2D eigenvalue weighted by atomic mass is 79.9. The van der Waals surface area contributed by atoms with Gasteiger partial charge in [-0.25, -0.2) is 0 Å². The molecule has 2 aliphatic rings. The monoisotopic (exact) mass is 395 g/mol. The fourth-order valence-electron chi connectivity index (χ4n) is 4.19. The normalized spacial score (nSPS) is 25.5. The molecule has 24 heavy (non-hydrogen) atoms. The van der Waals surface area contributed by atoms with Crippen LogP contribution in [-0.4, -0.2) is 39.0 Å². The molecule has 1 aromatic rings. The molecular weight excluding hydrogens is 370 g/mol. The number of Topliss-reactive ketones (excluding diaryl/α,β-unsaturated/α-hetero) is 1. The summed E-state index contributed by atoms with van der Waals surface area (Å²) in [4.78, 5) is 27.2. The Labute approximate surface area is 151 Å². The Balaban J connectivity index is 1.72. The fourth-order valence-corrected chi connectivity index (χ4v) is 4.47. The van der Waals surface area contributed by atoms with Crippen molar-refractivity contribution in [2.75, 3.05) is 6.54 Å². The number of halogens is 1. The highest BCUT2D eigenvalue weighted by Gasteiger charge is 2.41. The lowest BCUT2D eigenvalue weighted by Crippen LogP contribution is -2.54. The van der Waals surface area contributed by atoms with Crippen LogP contribution in [0.4, 0.5) is 0 Å². The van der Waals surface area contributed by atoms with Gasteiger partial charge >= 0.3 is 0 Å². The van der Waals surface area contributed by atoms with Gasteiger partial charge in [-0.15, -0.1) is 0 Å². The second-order valence-corrected chi connectivity index (χ2v) is 8.07. The first-order chi connectivity index (χ1) is 11.4. The van der Waals surface area contributed by atoms with Gasteiger partial charge in [0.2, 0.25) is 5.91 Å². The van der Waals surface area contributed by atoms with Crippen molar-refractivity contribution in [1.29, 1.82) is 0 Å². The first-order valence-corrected chi connectivity index (χ1v) is 9.72. The van der Waals surface area contributed by atoms with Gasteiger partial charge in [0.15, 0.2) is 0 Å². The molecule has 0 aromatic carbocycles. The quantitative estimate of drug-likeness (QED) is 0.788. The van der Waals surface area contributed by atoms with Gasteiger partial charge in [-0.2, -0.15) is 5.10 Å². The standard InChI is InChI=1S/C18H26BrN3O2/c1-11(10-22-13(3)17(19)12(2)20-22)18(24)21-9-8-16(23)14-6-4-5-7-15(14)21/h11,14-15H,4-10H2,1-3H3/t11-,14+,15+/m0/s1. The highest BCUT2D eigenvalue weighted by Crippen LogP contribution is 2.34. The summed E-state index contributed by atoms with van der Waals surface area (Å²) < 4.78 is 2.92. The van der Waals surface area contributed by atoms with Crippen molar-refractivity contribution in [3.05, 3.63) is 15.9 Å². The van der Waals surface area contributed by atoms with Gasteiger partial charge in [-0.1, -0.05) is 19.8 Å². The number of nitrogens with zero attached hydrogens (tertiary/aromatic N) is 3. The van der Waals surface area contributed by atoms with E-state index in [4.69, 9.17) is 0 Å². The number of amides is 1. The Morgan fingerprint density at radius 3 is 2.71 bits per heavy atom. The predicted molar refractivity (Wildman–Crippen MR) is 95.6 cm³/mol. The van der Waals surface area contributed by atoms with E-state index < -0.39 is 0 Å². The second kappa shape index (κ2) is 6.98. The maximum Gasteiger partial charge on any atom is 0.227 e. The van der Waals surface area contributed by atoms with E-state index in [9.17, 15) is 9.59 Å². The topological polar surface area (TPSA) is 55.2 Å². The molecular formula is C18H26BrN3O2. The molecule has 132 valence electrons. The van der Waals surface area contributed by atoms with Crippen LogP contribution in [0.5, 0.6) is 0 Å². The molecule has 0 radical (unpaired) electrons. The van der Waals surface area contributed by atoms with E-state index in [0.717, 1.165) is 41.5 Å².